The van der Waals surface area contributed by atoms with Crippen LogP contribution in [0.25, 0.3) is 11.3 Å². The van der Waals surface area contributed by atoms with Gasteiger partial charge in [0.05, 0.1) is 23.7 Å². The van der Waals surface area contributed by atoms with Crippen LogP contribution in [0.5, 0.6) is 5.75 Å². The van der Waals surface area contributed by atoms with Gasteiger partial charge >= 0.3 is 0 Å². The van der Waals surface area contributed by atoms with Crippen molar-refractivity contribution in [2.45, 2.75) is 19.9 Å². The molecule has 1 aliphatic rings. The summed E-state index contributed by atoms with van der Waals surface area (Å²) in [4.78, 5) is 11.2. The first-order chi connectivity index (χ1) is 16.4. The zero-order valence-electron chi connectivity index (χ0n) is 19.4. The average molecular weight is 480 g/mol. The number of hydrogen-bond donors (Lipinski definition) is 2. The van der Waals surface area contributed by atoms with Gasteiger partial charge in [-0.1, -0.05) is 24.3 Å². The van der Waals surface area contributed by atoms with E-state index in [0.717, 1.165) is 35.5 Å². The first kappa shape index (κ1) is 23.7. The van der Waals surface area contributed by atoms with Crippen LogP contribution in [0.4, 0.5) is 17.3 Å². The van der Waals surface area contributed by atoms with Crippen LogP contribution in [-0.4, -0.2) is 49.2 Å². The van der Waals surface area contributed by atoms with Crippen molar-refractivity contribution in [3.63, 3.8) is 0 Å². The van der Waals surface area contributed by atoms with Crippen molar-refractivity contribution < 1.29 is 13.2 Å². The van der Waals surface area contributed by atoms with Crippen LogP contribution in [0.15, 0.2) is 66.9 Å². The van der Waals surface area contributed by atoms with Gasteiger partial charge in [-0.05, 0) is 62.4 Å². The Balaban J connectivity index is 1.72. The molecule has 2 N–H and O–H groups in total. The van der Waals surface area contributed by atoms with Gasteiger partial charge in [-0.25, -0.2) is 18.4 Å². The monoisotopic (exact) mass is 479 g/mol. The molecular formula is C25H29N5O3S. The molecule has 0 aliphatic carbocycles. The summed E-state index contributed by atoms with van der Waals surface area (Å²) in [5, 5.41) is 3.23. The van der Waals surface area contributed by atoms with Crippen LogP contribution in [0, 0.1) is 0 Å². The van der Waals surface area contributed by atoms with E-state index in [2.05, 4.69) is 37.1 Å². The number of nitrogens with one attached hydrogen (secondary N) is 2. The fraction of sp³-hybridized carbons (Fsp3) is 0.280. The number of fused-ring (bicyclic) bond motifs is 7. The molecule has 2 aromatic carbocycles. The summed E-state index contributed by atoms with van der Waals surface area (Å²) >= 11 is 0. The summed E-state index contributed by atoms with van der Waals surface area (Å²) in [5.41, 5.74) is 3.84. The van der Waals surface area contributed by atoms with E-state index >= 15 is 0 Å². The third-order valence-electron chi connectivity index (χ3n) is 5.28. The summed E-state index contributed by atoms with van der Waals surface area (Å²) in [6.07, 6.45) is 6.72. The fourth-order valence-electron chi connectivity index (χ4n) is 3.61. The molecule has 2 heterocycles. The highest BCUT2D eigenvalue weighted by Crippen LogP contribution is 2.26. The van der Waals surface area contributed by atoms with Crippen molar-refractivity contribution in [1.29, 1.82) is 0 Å². The Morgan fingerprint density at radius 3 is 2.88 bits per heavy atom. The number of rotatable bonds is 3. The van der Waals surface area contributed by atoms with Gasteiger partial charge in [0.25, 0.3) is 0 Å². The highest BCUT2D eigenvalue weighted by molar-refractivity contribution is 7.92. The molecular weight excluding hydrogens is 450 g/mol. The van der Waals surface area contributed by atoms with Gasteiger partial charge in [0.1, 0.15) is 5.75 Å². The maximum Gasteiger partial charge on any atom is 0.232 e. The average Bonchev–Trinajstić information content (AvgIpc) is 2.81. The lowest BCUT2D eigenvalue weighted by molar-refractivity contribution is 0.324. The number of benzene rings is 2. The Bertz CT molecular complexity index is 1280. The number of hydrogen-bond acceptors (Lipinski definition) is 7. The number of ether oxygens (including phenoxy) is 1. The predicted octanol–water partition coefficient (Wildman–Crippen LogP) is 4.42. The fourth-order valence-corrected chi connectivity index (χ4v) is 4.23. The standard InChI is InChI=1S/C25H29N5O3S/c1-3-34(31,32)29-22-15-19-14-21(17-22)27-25-26-11-10-24(28-25)20-8-7-9-23(16-20)33-13-6-4-5-12-30(2)18-19/h4-5,7-11,14-17,29H,3,6,12-13,18H2,1-2H3,(H,26,27,28). The molecule has 6 bridgehead atoms. The third-order valence-corrected chi connectivity index (χ3v) is 6.58. The molecule has 0 amide bonds. The number of likely N-dealkylation sites (N-methyl/N-ethyl adjacent to an activating group) is 1. The summed E-state index contributed by atoms with van der Waals surface area (Å²) in [6, 6.07) is 15.3. The summed E-state index contributed by atoms with van der Waals surface area (Å²) in [7, 11) is -1.39. The van der Waals surface area contributed by atoms with Gasteiger partial charge in [-0.2, -0.15) is 0 Å². The van der Waals surface area contributed by atoms with E-state index in [9.17, 15) is 8.42 Å². The van der Waals surface area contributed by atoms with Gasteiger partial charge in [0, 0.05) is 30.5 Å². The lowest BCUT2D eigenvalue weighted by Gasteiger charge is -2.17. The van der Waals surface area contributed by atoms with E-state index < -0.39 is 10.0 Å². The van der Waals surface area contributed by atoms with Crippen LogP contribution in [0.1, 0.15) is 18.9 Å². The lowest BCUT2D eigenvalue weighted by atomic mass is 10.1. The van der Waals surface area contributed by atoms with Crippen molar-refractivity contribution in [2.75, 3.05) is 36.0 Å². The van der Waals surface area contributed by atoms with E-state index in [1.165, 1.54) is 0 Å². The molecule has 0 unspecified atom stereocenters. The maximum atomic E-state index is 12.2. The van der Waals surface area contributed by atoms with Gasteiger partial charge in [0.2, 0.25) is 16.0 Å². The van der Waals surface area contributed by atoms with E-state index in [1.807, 2.05) is 49.5 Å². The van der Waals surface area contributed by atoms with E-state index in [0.29, 0.717) is 30.5 Å². The zero-order valence-corrected chi connectivity index (χ0v) is 20.2. The summed E-state index contributed by atoms with van der Waals surface area (Å²) in [6.45, 7) is 3.60. The molecule has 4 rings (SSSR count). The molecule has 0 radical (unpaired) electrons. The van der Waals surface area contributed by atoms with Crippen molar-refractivity contribution in [3.05, 3.63) is 72.4 Å². The van der Waals surface area contributed by atoms with Gasteiger partial charge in [-0.3, -0.25) is 9.62 Å². The molecule has 178 valence electrons. The van der Waals surface area contributed by atoms with E-state index in [4.69, 9.17) is 4.74 Å². The Morgan fingerprint density at radius 2 is 2.03 bits per heavy atom. The predicted molar refractivity (Wildman–Crippen MR) is 136 cm³/mol. The Labute approximate surface area is 200 Å². The van der Waals surface area contributed by atoms with E-state index in [1.54, 1.807) is 19.2 Å². The number of aromatic nitrogens is 2. The quantitative estimate of drug-likeness (QED) is 0.537. The van der Waals surface area contributed by atoms with Crippen LogP contribution >= 0.6 is 0 Å². The highest BCUT2D eigenvalue weighted by atomic mass is 32.2. The Hall–Kier alpha value is -3.43. The van der Waals surface area contributed by atoms with Crippen molar-refractivity contribution in [2.24, 2.45) is 0 Å². The molecule has 0 saturated heterocycles. The molecule has 0 fully saturated rings. The molecule has 34 heavy (non-hydrogen) atoms. The Morgan fingerprint density at radius 1 is 1.15 bits per heavy atom. The minimum atomic E-state index is -3.41. The minimum Gasteiger partial charge on any atom is -0.493 e. The molecule has 3 aromatic rings. The molecule has 0 saturated carbocycles. The van der Waals surface area contributed by atoms with Crippen LogP contribution in [0.3, 0.4) is 0 Å². The van der Waals surface area contributed by atoms with Gasteiger partial charge < -0.3 is 10.1 Å². The number of sulfonamides is 1. The van der Waals surface area contributed by atoms with Crippen molar-refractivity contribution >= 4 is 27.3 Å². The normalized spacial score (nSPS) is 14.9. The lowest BCUT2D eigenvalue weighted by Crippen LogP contribution is -2.19. The first-order valence-corrected chi connectivity index (χ1v) is 12.9. The molecule has 8 nitrogen and oxygen atoms in total. The molecule has 9 heteroatoms. The second-order valence-corrected chi connectivity index (χ2v) is 10.2. The SMILES string of the molecule is CCS(=O)(=O)Nc1cc2cc(c1)Nc1nccc(n1)-c1cccc(c1)OCCC=CCN(C)C2. The second kappa shape index (κ2) is 10.7. The topological polar surface area (TPSA) is 96.5 Å². The molecule has 1 aliphatic heterocycles. The third kappa shape index (κ3) is 6.55. The largest absolute Gasteiger partial charge is 0.493 e. The van der Waals surface area contributed by atoms with Gasteiger partial charge in [-0.15, -0.1) is 0 Å². The molecule has 1 aromatic heterocycles. The van der Waals surface area contributed by atoms with Crippen LogP contribution in [-0.2, 0) is 16.6 Å². The second-order valence-electron chi connectivity index (χ2n) is 8.15. The molecule has 0 atom stereocenters. The smallest absolute Gasteiger partial charge is 0.232 e. The van der Waals surface area contributed by atoms with Crippen LogP contribution < -0.4 is 14.8 Å². The molecule has 0 spiro atoms. The summed E-state index contributed by atoms with van der Waals surface area (Å²) < 4.78 is 33.0. The number of nitrogens with zero attached hydrogens (tertiary/aromatic N) is 3. The van der Waals surface area contributed by atoms with E-state index in [-0.39, 0.29) is 5.75 Å². The highest BCUT2D eigenvalue weighted by Gasteiger charge is 2.11. The number of anilines is 3. The van der Waals surface area contributed by atoms with Gasteiger partial charge in [0.15, 0.2) is 0 Å². The zero-order chi connectivity index (χ0) is 24.0. The first-order valence-electron chi connectivity index (χ1n) is 11.2. The maximum absolute atomic E-state index is 12.2. The summed E-state index contributed by atoms with van der Waals surface area (Å²) in [5.74, 6) is 1.21. The van der Waals surface area contributed by atoms with Crippen molar-refractivity contribution in [1.82, 2.24) is 14.9 Å². The minimum absolute atomic E-state index is 0.00137. The Kier molecular flexibility index (Phi) is 7.44. The van der Waals surface area contributed by atoms with Crippen LogP contribution in [0.2, 0.25) is 0 Å². The van der Waals surface area contributed by atoms with Crippen molar-refractivity contribution in [3.8, 4) is 17.0 Å².